The van der Waals surface area contributed by atoms with Gasteiger partial charge in [-0.15, -0.1) is 0 Å². The molecule has 5 heteroatoms. The van der Waals surface area contributed by atoms with E-state index in [4.69, 9.17) is 15.2 Å². The maximum absolute atomic E-state index is 6.16. The number of piperidine rings is 1. The Bertz CT molecular complexity index is 534. The van der Waals surface area contributed by atoms with E-state index >= 15 is 0 Å². The Morgan fingerprint density at radius 3 is 2.76 bits per heavy atom. The van der Waals surface area contributed by atoms with Gasteiger partial charge in [-0.1, -0.05) is 0 Å². The largest absolute Gasteiger partial charge is 0.486 e. The molecule has 2 fully saturated rings. The number of nitrogens with two attached hydrogens (primary N) is 1. The Morgan fingerprint density at radius 2 is 1.90 bits per heavy atom. The van der Waals surface area contributed by atoms with E-state index in [1.807, 2.05) is 12.1 Å². The summed E-state index contributed by atoms with van der Waals surface area (Å²) in [6.45, 7) is 3.69. The molecule has 21 heavy (non-hydrogen) atoms. The summed E-state index contributed by atoms with van der Waals surface area (Å²) < 4.78 is 11.2. The summed E-state index contributed by atoms with van der Waals surface area (Å²) in [6, 6.07) is 5.13. The minimum atomic E-state index is 0.509. The summed E-state index contributed by atoms with van der Waals surface area (Å²) in [5.74, 6) is 1.56. The summed E-state index contributed by atoms with van der Waals surface area (Å²) in [5.41, 5.74) is 7.89. The molecule has 3 heterocycles. The van der Waals surface area contributed by atoms with Crippen LogP contribution in [0, 0.1) is 0 Å². The van der Waals surface area contributed by atoms with Crippen LogP contribution in [0.2, 0.25) is 0 Å². The summed E-state index contributed by atoms with van der Waals surface area (Å²) in [6.07, 6.45) is 5.09. The monoisotopic (exact) mass is 289 g/mol. The molecule has 5 nitrogen and oxygen atoms in total. The molecule has 0 amide bonds. The van der Waals surface area contributed by atoms with Crippen molar-refractivity contribution in [2.75, 3.05) is 37.4 Å². The SMILES string of the molecule is Nc1cc2c(cc1NC1CCN3CCCC3C1)OCCO2. The third kappa shape index (κ3) is 2.50. The molecular formula is C16H23N3O2. The van der Waals surface area contributed by atoms with Gasteiger partial charge in [-0.3, -0.25) is 0 Å². The van der Waals surface area contributed by atoms with Crippen LogP contribution in [0.5, 0.6) is 11.5 Å². The molecule has 0 aromatic heterocycles. The van der Waals surface area contributed by atoms with Gasteiger partial charge in [0, 0.05) is 30.8 Å². The highest BCUT2D eigenvalue weighted by atomic mass is 16.6. The molecule has 0 aliphatic carbocycles. The number of hydrogen-bond acceptors (Lipinski definition) is 5. The third-order valence-electron chi connectivity index (χ3n) is 4.89. The first-order valence-electron chi connectivity index (χ1n) is 7.99. The predicted molar refractivity (Wildman–Crippen MR) is 83.1 cm³/mol. The topological polar surface area (TPSA) is 59.8 Å². The van der Waals surface area contributed by atoms with Crippen LogP contribution in [0.4, 0.5) is 11.4 Å². The van der Waals surface area contributed by atoms with Crippen LogP contribution in [0.15, 0.2) is 12.1 Å². The Kier molecular flexibility index (Phi) is 3.30. The zero-order valence-corrected chi connectivity index (χ0v) is 12.3. The van der Waals surface area contributed by atoms with Crippen LogP contribution in [0.25, 0.3) is 0 Å². The lowest BCUT2D eigenvalue weighted by Gasteiger charge is -2.36. The highest BCUT2D eigenvalue weighted by Crippen LogP contribution is 2.38. The fraction of sp³-hybridized carbons (Fsp3) is 0.625. The Morgan fingerprint density at radius 1 is 1.10 bits per heavy atom. The second-order valence-corrected chi connectivity index (χ2v) is 6.28. The lowest BCUT2D eigenvalue weighted by atomic mass is 9.97. The van der Waals surface area contributed by atoms with Gasteiger partial charge in [-0.25, -0.2) is 0 Å². The van der Waals surface area contributed by atoms with E-state index in [2.05, 4.69) is 10.2 Å². The maximum atomic E-state index is 6.16. The fourth-order valence-electron chi connectivity index (χ4n) is 3.80. The van der Waals surface area contributed by atoms with Gasteiger partial charge in [0.15, 0.2) is 11.5 Å². The number of fused-ring (bicyclic) bond motifs is 2. The summed E-state index contributed by atoms with van der Waals surface area (Å²) >= 11 is 0. The molecule has 0 radical (unpaired) electrons. The number of hydrogen-bond donors (Lipinski definition) is 2. The smallest absolute Gasteiger partial charge is 0.163 e. The molecule has 0 spiro atoms. The molecule has 2 unspecified atom stereocenters. The molecule has 2 saturated heterocycles. The van der Waals surface area contributed by atoms with Crippen LogP contribution < -0.4 is 20.5 Å². The van der Waals surface area contributed by atoms with Crippen LogP contribution in [0.1, 0.15) is 25.7 Å². The number of ether oxygens (including phenoxy) is 2. The van der Waals surface area contributed by atoms with Crippen molar-refractivity contribution in [3.63, 3.8) is 0 Å². The summed E-state index contributed by atoms with van der Waals surface area (Å²) in [4.78, 5) is 2.63. The Balaban J connectivity index is 1.49. The fourth-order valence-corrected chi connectivity index (χ4v) is 3.80. The first-order valence-corrected chi connectivity index (χ1v) is 7.99. The lowest BCUT2D eigenvalue weighted by Crippen LogP contribution is -2.42. The number of anilines is 2. The Hall–Kier alpha value is -1.62. The molecule has 1 aromatic rings. The van der Waals surface area contributed by atoms with E-state index in [1.165, 1.54) is 38.8 Å². The Labute approximate surface area is 125 Å². The van der Waals surface area contributed by atoms with Gasteiger partial charge in [-0.2, -0.15) is 0 Å². The van der Waals surface area contributed by atoms with Gasteiger partial charge in [0.25, 0.3) is 0 Å². The van der Waals surface area contributed by atoms with Gasteiger partial charge in [0.05, 0.1) is 11.4 Å². The van der Waals surface area contributed by atoms with Crippen LogP contribution in [-0.2, 0) is 0 Å². The zero-order valence-electron chi connectivity index (χ0n) is 12.3. The quantitative estimate of drug-likeness (QED) is 0.816. The number of nitrogens with zero attached hydrogens (tertiary/aromatic N) is 1. The van der Waals surface area contributed by atoms with Crippen molar-refractivity contribution in [3.05, 3.63) is 12.1 Å². The first-order chi connectivity index (χ1) is 10.3. The van der Waals surface area contributed by atoms with E-state index in [-0.39, 0.29) is 0 Å². The van der Waals surface area contributed by atoms with E-state index in [9.17, 15) is 0 Å². The second-order valence-electron chi connectivity index (χ2n) is 6.28. The molecule has 4 rings (SSSR count). The van der Waals surface area contributed by atoms with Crippen molar-refractivity contribution in [2.24, 2.45) is 0 Å². The van der Waals surface area contributed by atoms with E-state index < -0.39 is 0 Å². The van der Waals surface area contributed by atoms with E-state index in [1.54, 1.807) is 0 Å². The third-order valence-corrected chi connectivity index (χ3v) is 4.89. The maximum Gasteiger partial charge on any atom is 0.163 e. The molecule has 3 N–H and O–H groups in total. The highest BCUT2D eigenvalue weighted by Gasteiger charge is 2.31. The molecule has 0 saturated carbocycles. The minimum Gasteiger partial charge on any atom is -0.486 e. The van der Waals surface area contributed by atoms with Gasteiger partial charge in [0.1, 0.15) is 13.2 Å². The van der Waals surface area contributed by atoms with Gasteiger partial charge in [-0.05, 0) is 32.2 Å². The average molecular weight is 289 g/mol. The second kappa shape index (κ2) is 5.30. The first kappa shape index (κ1) is 13.1. The van der Waals surface area contributed by atoms with Gasteiger partial charge >= 0.3 is 0 Å². The minimum absolute atomic E-state index is 0.509. The van der Waals surface area contributed by atoms with E-state index in [0.29, 0.717) is 19.3 Å². The van der Waals surface area contributed by atoms with Crippen molar-refractivity contribution < 1.29 is 9.47 Å². The normalized spacial score (nSPS) is 28.2. The van der Waals surface area contributed by atoms with Crippen LogP contribution in [0.3, 0.4) is 0 Å². The van der Waals surface area contributed by atoms with E-state index in [0.717, 1.165) is 28.9 Å². The molecule has 114 valence electrons. The van der Waals surface area contributed by atoms with Gasteiger partial charge in [0.2, 0.25) is 0 Å². The van der Waals surface area contributed by atoms with Crippen molar-refractivity contribution in [1.29, 1.82) is 0 Å². The highest BCUT2D eigenvalue weighted by molar-refractivity contribution is 5.72. The number of nitrogens with one attached hydrogen (secondary N) is 1. The average Bonchev–Trinajstić information content (AvgIpc) is 2.95. The van der Waals surface area contributed by atoms with Crippen molar-refractivity contribution in [1.82, 2.24) is 4.90 Å². The summed E-state index contributed by atoms with van der Waals surface area (Å²) in [7, 11) is 0. The standard InChI is InChI=1S/C16H23N3O2/c17-13-9-15-16(21-7-6-20-15)10-14(13)18-11-3-5-19-4-1-2-12(19)8-11/h9-12,18H,1-8,17H2. The number of nitrogen functional groups attached to an aromatic ring is 1. The molecule has 0 bridgehead atoms. The van der Waals surface area contributed by atoms with Crippen molar-refractivity contribution in [2.45, 2.75) is 37.8 Å². The van der Waals surface area contributed by atoms with Gasteiger partial charge < -0.3 is 25.4 Å². The van der Waals surface area contributed by atoms with Crippen LogP contribution >= 0.6 is 0 Å². The molecule has 3 aliphatic heterocycles. The molecule has 3 aliphatic rings. The number of benzene rings is 1. The predicted octanol–water partition coefficient (Wildman–Crippen LogP) is 2.08. The molecule has 1 aromatic carbocycles. The lowest BCUT2D eigenvalue weighted by molar-refractivity contribution is 0.171. The summed E-state index contributed by atoms with van der Waals surface area (Å²) in [5, 5.41) is 3.62. The molecule has 2 atom stereocenters. The number of rotatable bonds is 2. The zero-order chi connectivity index (χ0) is 14.2. The molecular weight excluding hydrogens is 266 g/mol. The van der Waals surface area contributed by atoms with Crippen LogP contribution in [-0.4, -0.2) is 43.3 Å². The van der Waals surface area contributed by atoms with Crippen molar-refractivity contribution in [3.8, 4) is 11.5 Å². The van der Waals surface area contributed by atoms with Crippen molar-refractivity contribution >= 4 is 11.4 Å².